The van der Waals surface area contributed by atoms with Gasteiger partial charge >= 0.3 is 0 Å². The number of imidazole rings is 1. The van der Waals surface area contributed by atoms with E-state index in [2.05, 4.69) is 59.5 Å². The van der Waals surface area contributed by atoms with Crippen LogP contribution in [-0.2, 0) is 18.2 Å². The lowest BCUT2D eigenvalue weighted by molar-refractivity contribution is -0.100. The van der Waals surface area contributed by atoms with E-state index in [-0.39, 0.29) is 0 Å². The van der Waals surface area contributed by atoms with Gasteiger partial charge in [-0.15, -0.1) is 0 Å². The van der Waals surface area contributed by atoms with Gasteiger partial charge in [0.15, 0.2) is 0 Å². The summed E-state index contributed by atoms with van der Waals surface area (Å²) in [6, 6.07) is 9.47. The molecule has 1 N–H and O–H groups in total. The monoisotopic (exact) mass is 419 g/mol. The van der Waals surface area contributed by atoms with Crippen molar-refractivity contribution in [1.82, 2.24) is 19.9 Å². The molecule has 2 saturated heterocycles. The molecule has 0 spiro atoms. The van der Waals surface area contributed by atoms with Crippen LogP contribution in [0.2, 0.25) is 0 Å². The molecule has 5 rings (SSSR count). The van der Waals surface area contributed by atoms with Crippen LogP contribution in [0.1, 0.15) is 32.3 Å². The fourth-order valence-electron chi connectivity index (χ4n) is 4.66. The van der Waals surface area contributed by atoms with Gasteiger partial charge in [-0.2, -0.15) is 0 Å². The highest BCUT2D eigenvalue weighted by Crippen LogP contribution is 2.34. The molecule has 31 heavy (non-hydrogen) atoms. The quantitative estimate of drug-likeness (QED) is 0.659. The first kappa shape index (κ1) is 20.5. The van der Waals surface area contributed by atoms with Crippen LogP contribution in [0.4, 0.5) is 5.82 Å². The molecule has 0 atom stereocenters. The van der Waals surface area contributed by atoms with Crippen LogP contribution in [0, 0.1) is 5.41 Å². The molecule has 2 aliphatic rings. The molecular weight excluding hydrogens is 386 g/mol. The second-order valence-corrected chi connectivity index (χ2v) is 9.61. The minimum atomic E-state index is 0.320. The highest BCUT2D eigenvalue weighted by Gasteiger charge is 2.34. The lowest BCUT2D eigenvalue weighted by Crippen LogP contribution is -2.51. The SMILES string of the molecule is CCc1ccc2nc(N3CCC(NCC4(C)COC4)CC3)c(-c3cn(C)cn3)cc2c1. The largest absolute Gasteiger partial charge is 0.380 e. The van der Waals surface area contributed by atoms with Crippen molar-refractivity contribution >= 4 is 16.7 Å². The van der Waals surface area contributed by atoms with Gasteiger partial charge in [-0.25, -0.2) is 9.97 Å². The van der Waals surface area contributed by atoms with Crippen molar-refractivity contribution in [2.45, 2.75) is 39.2 Å². The highest BCUT2D eigenvalue weighted by atomic mass is 16.5. The number of aromatic nitrogens is 3. The molecule has 2 fully saturated rings. The van der Waals surface area contributed by atoms with Crippen LogP contribution in [0.5, 0.6) is 0 Å². The maximum atomic E-state index is 5.40. The zero-order chi connectivity index (χ0) is 21.4. The van der Waals surface area contributed by atoms with Gasteiger partial charge in [0, 0.05) is 55.3 Å². The van der Waals surface area contributed by atoms with Crippen LogP contribution >= 0.6 is 0 Å². The van der Waals surface area contributed by atoms with Gasteiger partial charge < -0.3 is 19.5 Å². The van der Waals surface area contributed by atoms with E-state index in [1.54, 1.807) is 0 Å². The van der Waals surface area contributed by atoms with Crippen molar-refractivity contribution in [2.24, 2.45) is 12.5 Å². The summed E-state index contributed by atoms with van der Waals surface area (Å²) in [5, 5.41) is 4.98. The Morgan fingerprint density at radius 1 is 1.19 bits per heavy atom. The molecule has 2 aromatic heterocycles. The third-order valence-electron chi connectivity index (χ3n) is 6.76. The molecule has 1 aromatic carbocycles. The summed E-state index contributed by atoms with van der Waals surface area (Å²) >= 11 is 0. The summed E-state index contributed by atoms with van der Waals surface area (Å²) in [4.78, 5) is 12.2. The number of piperidine rings is 1. The summed E-state index contributed by atoms with van der Waals surface area (Å²) in [6.45, 7) is 9.33. The molecule has 4 heterocycles. The smallest absolute Gasteiger partial charge is 0.138 e. The number of nitrogens with zero attached hydrogens (tertiary/aromatic N) is 4. The first-order chi connectivity index (χ1) is 15.0. The molecule has 0 unspecified atom stereocenters. The minimum absolute atomic E-state index is 0.320. The minimum Gasteiger partial charge on any atom is -0.380 e. The van der Waals surface area contributed by atoms with Gasteiger partial charge in [-0.1, -0.05) is 19.9 Å². The Morgan fingerprint density at radius 2 is 2.00 bits per heavy atom. The summed E-state index contributed by atoms with van der Waals surface area (Å²) in [5.41, 5.74) is 4.84. The van der Waals surface area contributed by atoms with Gasteiger partial charge in [0.2, 0.25) is 0 Å². The van der Waals surface area contributed by atoms with Crippen LogP contribution in [0.3, 0.4) is 0 Å². The van der Waals surface area contributed by atoms with Crippen LogP contribution in [0.25, 0.3) is 22.2 Å². The Kier molecular flexibility index (Phi) is 5.44. The number of fused-ring (bicyclic) bond motifs is 1. The lowest BCUT2D eigenvalue weighted by atomic mass is 9.88. The third-order valence-corrected chi connectivity index (χ3v) is 6.76. The zero-order valence-electron chi connectivity index (χ0n) is 18.9. The number of benzene rings is 1. The van der Waals surface area contributed by atoms with Crippen molar-refractivity contribution < 1.29 is 4.74 Å². The van der Waals surface area contributed by atoms with Crippen molar-refractivity contribution in [2.75, 3.05) is 37.7 Å². The predicted octanol–water partition coefficient (Wildman–Crippen LogP) is 3.79. The van der Waals surface area contributed by atoms with E-state index < -0.39 is 0 Å². The molecule has 0 bridgehead atoms. The average molecular weight is 420 g/mol. The Hall–Kier alpha value is -2.44. The molecule has 2 aliphatic heterocycles. The normalized spacial score (nSPS) is 19.0. The van der Waals surface area contributed by atoms with E-state index in [1.807, 2.05) is 17.9 Å². The Morgan fingerprint density at radius 3 is 2.65 bits per heavy atom. The summed E-state index contributed by atoms with van der Waals surface area (Å²) < 4.78 is 7.40. The van der Waals surface area contributed by atoms with Crippen molar-refractivity contribution in [3.63, 3.8) is 0 Å². The Bertz CT molecular complexity index is 1060. The topological polar surface area (TPSA) is 55.2 Å². The summed E-state index contributed by atoms with van der Waals surface area (Å²) in [6.07, 6.45) is 7.25. The van der Waals surface area contributed by atoms with Crippen LogP contribution < -0.4 is 10.2 Å². The maximum Gasteiger partial charge on any atom is 0.138 e. The number of aryl methyl sites for hydroxylation is 2. The highest BCUT2D eigenvalue weighted by molar-refractivity contribution is 5.89. The molecule has 6 heteroatoms. The van der Waals surface area contributed by atoms with E-state index in [0.717, 1.165) is 74.7 Å². The predicted molar refractivity (Wildman–Crippen MR) is 125 cm³/mol. The number of anilines is 1. The Balaban J connectivity index is 1.39. The summed E-state index contributed by atoms with van der Waals surface area (Å²) in [5.74, 6) is 1.06. The number of pyridine rings is 1. The molecule has 0 aliphatic carbocycles. The molecular formula is C25H33N5O. The van der Waals surface area contributed by atoms with Gasteiger partial charge in [-0.05, 0) is 43.0 Å². The van der Waals surface area contributed by atoms with Crippen molar-refractivity contribution in [3.05, 3.63) is 42.4 Å². The summed E-state index contributed by atoms with van der Waals surface area (Å²) in [7, 11) is 2.02. The van der Waals surface area contributed by atoms with E-state index >= 15 is 0 Å². The second kappa shape index (κ2) is 8.24. The fraction of sp³-hybridized carbons (Fsp3) is 0.520. The van der Waals surface area contributed by atoms with Crippen molar-refractivity contribution in [1.29, 1.82) is 0 Å². The Labute approximate surface area is 184 Å². The van der Waals surface area contributed by atoms with Crippen LogP contribution in [-0.4, -0.2) is 53.4 Å². The van der Waals surface area contributed by atoms with Gasteiger partial charge in [0.1, 0.15) is 5.82 Å². The fourth-order valence-corrected chi connectivity index (χ4v) is 4.66. The molecule has 3 aromatic rings. The first-order valence-electron chi connectivity index (χ1n) is 11.5. The zero-order valence-corrected chi connectivity index (χ0v) is 18.9. The maximum absolute atomic E-state index is 5.40. The van der Waals surface area contributed by atoms with Crippen molar-refractivity contribution in [3.8, 4) is 11.3 Å². The second-order valence-electron chi connectivity index (χ2n) is 9.61. The molecule has 0 amide bonds. The van der Waals surface area contributed by atoms with Gasteiger partial charge in [0.05, 0.1) is 30.8 Å². The standard InChI is InChI=1S/C25H33N5O/c1-4-18-5-6-22-19(11-18)12-21(23-13-29(3)17-27-23)24(28-22)30-9-7-20(8-10-30)26-14-25(2)15-31-16-25/h5-6,11-13,17,20,26H,4,7-10,14-16H2,1-3H3. The van der Waals surface area contributed by atoms with Gasteiger partial charge in [-0.3, -0.25) is 0 Å². The number of nitrogens with one attached hydrogen (secondary N) is 1. The van der Waals surface area contributed by atoms with E-state index in [4.69, 9.17) is 9.72 Å². The molecule has 0 saturated carbocycles. The first-order valence-corrected chi connectivity index (χ1v) is 11.5. The number of hydrogen-bond acceptors (Lipinski definition) is 5. The third kappa shape index (κ3) is 4.19. The molecule has 0 radical (unpaired) electrons. The average Bonchev–Trinajstić information content (AvgIpc) is 3.21. The van der Waals surface area contributed by atoms with E-state index in [1.165, 1.54) is 10.9 Å². The number of hydrogen-bond donors (Lipinski definition) is 1. The number of ether oxygens (including phenoxy) is 1. The lowest BCUT2D eigenvalue weighted by Gasteiger charge is -2.41. The van der Waals surface area contributed by atoms with E-state index in [9.17, 15) is 0 Å². The van der Waals surface area contributed by atoms with Crippen LogP contribution in [0.15, 0.2) is 36.8 Å². The van der Waals surface area contributed by atoms with Gasteiger partial charge in [0.25, 0.3) is 0 Å². The number of rotatable bonds is 6. The van der Waals surface area contributed by atoms with E-state index in [0.29, 0.717) is 11.5 Å². The molecule has 164 valence electrons. The molecule has 6 nitrogen and oxygen atoms in total.